The monoisotopic (exact) mass is 304 g/mol. The number of esters is 1. The Morgan fingerprint density at radius 3 is 2.64 bits per heavy atom. The van der Waals surface area contributed by atoms with Crippen molar-refractivity contribution in [3.8, 4) is 11.5 Å². The summed E-state index contributed by atoms with van der Waals surface area (Å²) in [6.45, 7) is 0.113. The van der Waals surface area contributed by atoms with Crippen molar-refractivity contribution in [1.29, 1.82) is 0 Å². The summed E-state index contributed by atoms with van der Waals surface area (Å²) < 4.78 is 15.5. The molecule has 2 aliphatic heterocycles. The summed E-state index contributed by atoms with van der Waals surface area (Å²) in [6.07, 6.45) is 0. The highest BCUT2D eigenvalue weighted by atomic mass is 16.5. The molecule has 2 amide bonds. The maximum Gasteiger partial charge on any atom is 0.338 e. The Kier molecular flexibility index (Phi) is 3.40. The van der Waals surface area contributed by atoms with Crippen LogP contribution in [-0.2, 0) is 9.53 Å². The molecule has 0 bridgehead atoms. The van der Waals surface area contributed by atoms with Crippen LogP contribution in [0.3, 0.4) is 0 Å². The molecule has 0 spiro atoms. The average Bonchev–Trinajstić information content (AvgIpc) is 2.92. The first-order valence-corrected chi connectivity index (χ1v) is 6.73. The summed E-state index contributed by atoms with van der Waals surface area (Å²) in [5, 5.41) is 2.80. The number of methoxy groups -OCH3 is 2. The van der Waals surface area contributed by atoms with E-state index in [9.17, 15) is 9.59 Å². The van der Waals surface area contributed by atoms with Crippen LogP contribution in [0.15, 0.2) is 29.5 Å². The fourth-order valence-corrected chi connectivity index (χ4v) is 2.67. The molecule has 2 aliphatic rings. The molecule has 0 saturated carbocycles. The second kappa shape index (κ2) is 5.25. The third-order valence-corrected chi connectivity index (χ3v) is 3.88. The molecule has 1 N–H and O–H groups in total. The zero-order valence-electron chi connectivity index (χ0n) is 12.5. The summed E-state index contributed by atoms with van der Waals surface area (Å²) in [5.41, 5.74) is 1.77. The Morgan fingerprint density at radius 1 is 1.23 bits per heavy atom. The zero-order valence-corrected chi connectivity index (χ0v) is 12.5. The largest absolute Gasteiger partial charge is 0.493 e. The maximum atomic E-state index is 12.1. The van der Waals surface area contributed by atoms with Crippen LogP contribution in [0, 0.1) is 0 Å². The normalized spacial score (nSPS) is 20.5. The summed E-state index contributed by atoms with van der Waals surface area (Å²) in [5.74, 6) is 0.692. The van der Waals surface area contributed by atoms with E-state index in [2.05, 4.69) is 5.32 Å². The molecule has 0 saturated heterocycles. The Hall–Kier alpha value is -2.70. The van der Waals surface area contributed by atoms with Crippen LogP contribution in [0.25, 0.3) is 0 Å². The number of carbonyl (C=O) groups is 2. The number of nitrogens with zero attached hydrogens (tertiary/aromatic N) is 1. The highest BCUT2D eigenvalue weighted by molar-refractivity contribution is 5.97. The van der Waals surface area contributed by atoms with Gasteiger partial charge in [0.15, 0.2) is 11.5 Å². The minimum absolute atomic E-state index is 0.113. The van der Waals surface area contributed by atoms with E-state index < -0.39 is 12.0 Å². The summed E-state index contributed by atoms with van der Waals surface area (Å²) in [6, 6.07) is 4.42. The molecule has 0 aliphatic carbocycles. The van der Waals surface area contributed by atoms with Crippen molar-refractivity contribution in [2.45, 2.75) is 6.04 Å². The van der Waals surface area contributed by atoms with E-state index in [0.29, 0.717) is 22.8 Å². The van der Waals surface area contributed by atoms with Gasteiger partial charge in [-0.3, -0.25) is 4.90 Å². The molecule has 7 nitrogen and oxygen atoms in total. The van der Waals surface area contributed by atoms with Gasteiger partial charge in [0.2, 0.25) is 0 Å². The minimum atomic E-state index is -0.562. The molecule has 22 heavy (non-hydrogen) atoms. The molecule has 116 valence electrons. The van der Waals surface area contributed by atoms with Crippen LogP contribution >= 0.6 is 0 Å². The molecule has 1 aromatic rings. The molecule has 1 atom stereocenters. The Balaban J connectivity index is 2.07. The smallest absolute Gasteiger partial charge is 0.338 e. The van der Waals surface area contributed by atoms with Gasteiger partial charge in [0.05, 0.1) is 31.5 Å². The first-order valence-electron chi connectivity index (χ1n) is 6.73. The molecule has 3 rings (SSSR count). The summed E-state index contributed by atoms with van der Waals surface area (Å²) in [4.78, 5) is 25.5. The van der Waals surface area contributed by atoms with E-state index in [1.54, 1.807) is 32.4 Å². The summed E-state index contributed by atoms with van der Waals surface area (Å²) in [7, 11) is 4.69. The number of nitrogens with one attached hydrogen (secondary N) is 1. The average molecular weight is 304 g/mol. The number of carbonyl (C=O) groups excluding carboxylic acids is 2. The van der Waals surface area contributed by atoms with Crippen molar-refractivity contribution in [1.82, 2.24) is 10.2 Å². The van der Waals surface area contributed by atoms with Gasteiger partial charge in [-0.25, -0.2) is 9.59 Å². The number of urea groups is 1. The van der Waals surface area contributed by atoms with Crippen molar-refractivity contribution in [3.63, 3.8) is 0 Å². The SMILES string of the molecule is COc1ccc([C@@H]2NC(=O)N(C)C3=C2C(=O)OC3)cc1OC. The first-order chi connectivity index (χ1) is 10.6. The standard InChI is InChI=1S/C15H16N2O5/c1-17-9-7-22-14(18)12(9)13(16-15(17)19)8-4-5-10(20-2)11(6-8)21-3/h4-6,13H,7H2,1-3H3,(H,16,19)/t13-/m0/s1. The Morgan fingerprint density at radius 2 is 1.95 bits per heavy atom. The highest BCUT2D eigenvalue weighted by Gasteiger charge is 2.40. The van der Waals surface area contributed by atoms with E-state index >= 15 is 0 Å². The third-order valence-electron chi connectivity index (χ3n) is 3.88. The van der Waals surface area contributed by atoms with Gasteiger partial charge >= 0.3 is 12.0 Å². The number of hydrogen-bond acceptors (Lipinski definition) is 5. The van der Waals surface area contributed by atoms with E-state index in [1.165, 1.54) is 12.0 Å². The molecule has 0 unspecified atom stereocenters. The van der Waals surface area contributed by atoms with Crippen molar-refractivity contribution >= 4 is 12.0 Å². The highest BCUT2D eigenvalue weighted by Crippen LogP contribution is 2.37. The van der Waals surface area contributed by atoms with Gasteiger partial charge in [0, 0.05) is 7.05 Å². The molecular formula is C15H16N2O5. The topological polar surface area (TPSA) is 77.1 Å². The molecule has 1 aromatic carbocycles. The van der Waals surface area contributed by atoms with E-state index in [1.807, 2.05) is 0 Å². The van der Waals surface area contributed by atoms with Gasteiger partial charge < -0.3 is 19.5 Å². The molecule has 2 heterocycles. The van der Waals surface area contributed by atoms with E-state index in [-0.39, 0.29) is 12.6 Å². The van der Waals surface area contributed by atoms with Gasteiger partial charge in [-0.15, -0.1) is 0 Å². The lowest BCUT2D eigenvalue weighted by atomic mass is 9.95. The quantitative estimate of drug-likeness (QED) is 0.849. The number of cyclic esters (lactones) is 1. The fraction of sp³-hybridized carbons (Fsp3) is 0.333. The van der Waals surface area contributed by atoms with Crippen LogP contribution in [0.2, 0.25) is 0 Å². The minimum Gasteiger partial charge on any atom is -0.493 e. The Labute approximate surface area is 127 Å². The number of amides is 2. The molecule has 0 fully saturated rings. The lowest BCUT2D eigenvalue weighted by Crippen LogP contribution is -2.45. The van der Waals surface area contributed by atoms with Crippen LogP contribution < -0.4 is 14.8 Å². The zero-order chi connectivity index (χ0) is 15.9. The molecular weight excluding hydrogens is 288 g/mol. The van der Waals surface area contributed by atoms with Crippen molar-refractivity contribution in [2.75, 3.05) is 27.9 Å². The van der Waals surface area contributed by atoms with E-state index in [4.69, 9.17) is 14.2 Å². The third kappa shape index (κ3) is 2.05. The van der Waals surface area contributed by atoms with Crippen LogP contribution in [0.4, 0.5) is 4.79 Å². The Bertz CT molecular complexity index is 683. The van der Waals surface area contributed by atoms with Crippen LogP contribution in [0.1, 0.15) is 11.6 Å². The lowest BCUT2D eigenvalue weighted by molar-refractivity contribution is -0.136. The number of rotatable bonds is 3. The van der Waals surface area contributed by atoms with E-state index in [0.717, 1.165) is 5.56 Å². The van der Waals surface area contributed by atoms with Gasteiger partial charge in [0.1, 0.15) is 6.61 Å². The molecule has 0 radical (unpaired) electrons. The number of hydrogen-bond donors (Lipinski definition) is 1. The van der Waals surface area contributed by atoms with Crippen molar-refractivity contribution in [3.05, 3.63) is 35.0 Å². The van der Waals surface area contributed by atoms with Gasteiger partial charge in [-0.1, -0.05) is 6.07 Å². The van der Waals surface area contributed by atoms with Crippen LogP contribution in [-0.4, -0.2) is 44.8 Å². The molecule has 0 aromatic heterocycles. The fourth-order valence-electron chi connectivity index (χ4n) is 2.67. The second-order valence-corrected chi connectivity index (χ2v) is 4.99. The number of benzene rings is 1. The van der Waals surface area contributed by atoms with Gasteiger partial charge in [-0.05, 0) is 17.7 Å². The summed E-state index contributed by atoms with van der Waals surface area (Å²) >= 11 is 0. The maximum absolute atomic E-state index is 12.1. The lowest BCUT2D eigenvalue weighted by Gasteiger charge is -2.30. The predicted octanol–water partition coefficient (Wildman–Crippen LogP) is 1.21. The van der Waals surface area contributed by atoms with Gasteiger partial charge in [0.25, 0.3) is 0 Å². The van der Waals surface area contributed by atoms with Crippen molar-refractivity contribution < 1.29 is 23.8 Å². The first kappa shape index (κ1) is 14.2. The van der Waals surface area contributed by atoms with Gasteiger partial charge in [-0.2, -0.15) is 0 Å². The van der Waals surface area contributed by atoms with Crippen molar-refractivity contribution in [2.24, 2.45) is 0 Å². The molecule has 7 heteroatoms. The second-order valence-electron chi connectivity index (χ2n) is 4.99. The predicted molar refractivity (Wildman–Crippen MR) is 76.6 cm³/mol. The number of ether oxygens (including phenoxy) is 3. The van der Waals surface area contributed by atoms with Crippen LogP contribution in [0.5, 0.6) is 11.5 Å². The number of likely N-dealkylation sites (N-methyl/N-ethyl adjacent to an activating group) is 1.